The van der Waals surface area contributed by atoms with E-state index in [0.29, 0.717) is 30.2 Å². The monoisotopic (exact) mass is 495 g/mol. The fourth-order valence-corrected chi connectivity index (χ4v) is 3.82. The van der Waals surface area contributed by atoms with Crippen molar-refractivity contribution in [1.82, 2.24) is 14.5 Å². The zero-order valence-electron chi connectivity index (χ0n) is 18.2. The lowest BCUT2D eigenvalue weighted by Crippen LogP contribution is -2.39. The third-order valence-corrected chi connectivity index (χ3v) is 5.61. The molecule has 3 aromatic rings. The lowest BCUT2D eigenvalue weighted by atomic mass is 10.0. The molecular weight excluding hydrogens is 473 g/mol. The molecule has 176 valence electrons. The van der Waals surface area contributed by atoms with Crippen molar-refractivity contribution >= 4 is 46.7 Å². The molecule has 1 aliphatic heterocycles. The highest BCUT2D eigenvalue weighted by molar-refractivity contribution is 7.77. The largest absolute Gasteiger partial charge is 0.495 e. The molecule has 1 fully saturated rings. The summed E-state index contributed by atoms with van der Waals surface area (Å²) in [7, 11) is 4.25. The third kappa shape index (κ3) is 4.62. The minimum atomic E-state index is -0.765. The molecule has 2 atom stereocenters. The topological polar surface area (TPSA) is 114 Å². The van der Waals surface area contributed by atoms with E-state index in [4.69, 9.17) is 31.5 Å². The first-order valence-corrected chi connectivity index (χ1v) is 10.7. The van der Waals surface area contributed by atoms with Crippen LogP contribution in [0.3, 0.4) is 0 Å². The molecule has 0 amide bonds. The van der Waals surface area contributed by atoms with Crippen molar-refractivity contribution in [3.05, 3.63) is 39.5 Å². The van der Waals surface area contributed by atoms with E-state index in [9.17, 15) is 4.79 Å². The van der Waals surface area contributed by atoms with Gasteiger partial charge in [0.2, 0.25) is 5.95 Å². The molecule has 12 heteroatoms. The molecule has 0 spiro atoms. The van der Waals surface area contributed by atoms with E-state index in [1.807, 2.05) is 0 Å². The van der Waals surface area contributed by atoms with Crippen molar-refractivity contribution in [2.45, 2.75) is 12.1 Å². The minimum absolute atomic E-state index is 0.0326. The summed E-state index contributed by atoms with van der Waals surface area (Å²) < 4.78 is 32.0. The first-order chi connectivity index (χ1) is 15.8. The molecule has 2 aromatic heterocycles. The Morgan fingerprint density at radius 3 is 2.61 bits per heavy atom. The molecule has 0 aliphatic carbocycles. The summed E-state index contributed by atoms with van der Waals surface area (Å²) in [6.45, 7) is 0.888. The van der Waals surface area contributed by atoms with Gasteiger partial charge >= 0.3 is 0 Å². The summed E-state index contributed by atoms with van der Waals surface area (Å²) in [4.78, 5) is 21.9. The van der Waals surface area contributed by atoms with Gasteiger partial charge < -0.3 is 25.3 Å². The Bertz CT molecular complexity index is 1210. The fourth-order valence-electron chi connectivity index (χ4n) is 3.50. The zero-order valence-corrected chi connectivity index (χ0v) is 19.8. The van der Waals surface area contributed by atoms with Gasteiger partial charge in [0.1, 0.15) is 11.4 Å². The molecule has 33 heavy (non-hydrogen) atoms. The van der Waals surface area contributed by atoms with Crippen LogP contribution in [0.15, 0.2) is 23.1 Å². The van der Waals surface area contributed by atoms with Crippen molar-refractivity contribution in [3.8, 4) is 22.6 Å². The zero-order chi connectivity index (χ0) is 24.3. The standard InChI is InChI=1S/C20H21ClFN5O4.CH2S/c1-27-18-9(6-24-20(26-18)25-12-8-31-7-11(12)23)4-10(19(27)28)15-16(21)13(29-2)5-14(30-3)17(15)22;1-2/h4-6,11-12H,7-8,23H2,1-3H3,(H,24,25,26);1H2. The van der Waals surface area contributed by atoms with Gasteiger partial charge in [0.25, 0.3) is 5.56 Å². The van der Waals surface area contributed by atoms with E-state index < -0.39 is 11.4 Å². The van der Waals surface area contributed by atoms with Crippen LogP contribution in [0.2, 0.25) is 5.02 Å². The number of anilines is 1. The van der Waals surface area contributed by atoms with Crippen molar-refractivity contribution in [2.24, 2.45) is 12.8 Å². The van der Waals surface area contributed by atoms with Crippen LogP contribution >= 0.6 is 23.8 Å². The molecule has 3 N–H and O–H groups in total. The summed E-state index contributed by atoms with van der Waals surface area (Å²) in [5.41, 5.74) is 5.78. The van der Waals surface area contributed by atoms with Crippen LogP contribution in [0.25, 0.3) is 22.2 Å². The average Bonchev–Trinajstić information content (AvgIpc) is 3.23. The second-order valence-electron chi connectivity index (χ2n) is 7.13. The van der Waals surface area contributed by atoms with Gasteiger partial charge in [-0.05, 0) is 11.9 Å². The van der Waals surface area contributed by atoms with Crippen molar-refractivity contribution in [1.29, 1.82) is 0 Å². The molecule has 3 heterocycles. The summed E-state index contributed by atoms with van der Waals surface area (Å²) in [6.07, 6.45) is 1.54. The van der Waals surface area contributed by atoms with E-state index in [2.05, 4.69) is 33.4 Å². The van der Waals surface area contributed by atoms with E-state index >= 15 is 4.39 Å². The Morgan fingerprint density at radius 1 is 1.30 bits per heavy atom. The lowest BCUT2D eigenvalue weighted by Gasteiger charge is -2.17. The maximum Gasteiger partial charge on any atom is 0.259 e. The number of nitrogens with one attached hydrogen (secondary N) is 1. The van der Waals surface area contributed by atoms with Gasteiger partial charge in [-0.2, -0.15) is 4.98 Å². The number of hydrogen-bond donors (Lipinski definition) is 2. The first-order valence-electron chi connectivity index (χ1n) is 9.71. The van der Waals surface area contributed by atoms with Crippen LogP contribution in [-0.4, -0.2) is 59.9 Å². The third-order valence-electron chi connectivity index (χ3n) is 5.23. The number of aryl methyl sites for hydroxylation is 1. The number of rotatable bonds is 5. The summed E-state index contributed by atoms with van der Waals surface area (Å²) in [5, 5.41) is 3.61. The number of hydrogen-bond acceptors (Lipinski definition) is 9. The molecule has 0 radical (unpaired) electrons. The van der Waals surface area contributed by atoms with Gasteiger partial charge in [-0.15, -0.1) is 0 Å². The van der Waals surface area contributed by atoms with Gasteiger partial charge in [-0.3, -0.25) is 9.36 Å². The minimum Gasteiger partial charge on any atom is -0.495 e. The lowest BCUT2D eigenvalue weighted by molar-refractivity contribution is 0.192. The number of nitrogens with two attached hydrogens (primary N) is 1. The number of fused-ring (bicyclic) bond motifs is 1. The quantitative estimate of drug-likeness (QED) is 0.515. The second kappa shape index (κ2) is 10.4. The summed E-state index contributed by atoms with van der Waals surface area (Å²) in [5.74, 6) is 2.47. The Hall–Kier alpha value is -2.86. The van der Waals surface area contributed by atoms with Crippen molar-refractivity contribution in [2.75, 3.05) is 32.8 Å². The maximum atomic E-state index is 15.1. The number of aromatic nitrogens is 3. The maximum absolute atomic E-state index is 15.1. The summed E-state index contributed by atoms with van der Waals surface area (Å²) in [6, 6.07) is 2.50. The van der Waals surface area contributed by atoms with Gasteiger partial charge in [0.15, 0.2) is 11.6 Å². The Morgan fingerprint density at radius 2 is 2.00 bits per heavy atom. The number of pyridine rings is 1. The highest BCUT2D eigenvalue weighted by atomic mass is 35.5. The number of thiocarbonyl (C=S) groups is 1. The predicted octanol–water partition coefficient (Wildman–Crippen LogP) is 2.56. The molecule has 1 aromatic carbocycles. The highest BCUT2D eigenvalue weighted by Crippen LogP contribution is 2.41. The van der Waals surface area contributed by atoms with Crippen LogP contribution in [-0.2, 0) is 11.8 Å². The molecule has 1 aliphatic rings. The molecular formula is C21H23ClFN5O4S. The molecule has 4 rings (SSSR count). The molecule has 0 saturated carbocycles. The molecule has 1 saturated heterocycles. The number of nitrogens with zero attached hydrogens (tertiary/aromatic N) is 3. The van der Waals surface area contributed by atoms with E-state index in [1.54, 1.807) is 7.05 Å². The Labute approximate surface area is 199 Å². The number of halogens is 2. The van der Waals surface area contributed by atoms with E-state index in [1.165, 1.54) is 37.1 Å². The molecule has 9 nitrogen and oxygen atoms in total. The van der Waals surface area contributed by atoms with Crippen molar-refractivity contribution in [3.63, 3.8) is 0 Å². The number of methoxy groups -OCH3 is 2. The van der Waals surface area contributed by atoms with Gasteiger partial charge in [0.05, 0.1) is 50.1 Å². The van der Waals surface area contributed by atoms with Crippen molar-refractivity contribution < 1.29 is 18.6 Å². The first kappa shape index (κ1) is 24.8. The Balaban J connectivity index is 0.00000149. The number of ether oxygens (including phenoxy) is 3. The Kier molecular flexibility index (Phi) is 7.80. The SMILES string of the molecule is C=S.COc1cc(OC)c(Cl)c(-c2cc3cnc(NC4COCC4N)nc3n(C)c2=O)c1F. The van der Waals surface area contributed by atoms with Crippen LogP contribution in [0.4, 0.5) is 10.3 Å². The highest BCUT2D eigenvalue weighted by Gasteiger charge is 2.26. The average molecular weight is 496 g/mol. The summed E-state index contributed by atoms with van der Waals surface area (Å²) >= 11 is 10.2. The van der Waals surface area contributed by atoms with Crippen LogP contribution in [0.1, 0.15) is 0 Å². The normalized spacial score (nSPS) is 17.4. The van der Waals surface area contributed by atoms with Crippen LogP contribution < -0.4 is 26.1 Å². The smallest absolute Gasteiger partial charge is 0.259 e. The van der Waals surface area contributed by atoms with Gasteiger partial charge in [0, 0.05) is 30.3 Å². The van der Waals surface area contributed by atoms with Gasteiger partial charge in [-0.1, -0.05) is 23.8 Å². The number of benzene rings is 1. The van der Waals surface area contributed by atoms with Crippen LogP contribution in [0, 0.1) is 5.82 Å². The van der Waals surface area contributed by atoms with E-state index in [0.717, 1.165) is 0 Å². The van der Waals surface area contributed by atoms with E-state index in [-0.39, 0.29) is 39.7 Å². The fraction of sp³-hybridized carbons (Fsp3) is 0.333. The van der Waals surface area contributed by atoms with Crippen LogP contribution in [0.5, 0.6) is 11.5 Å². The van der Waals surface area contributed by atoms with Gasteiger partial charge in [-0.25, -0.2) is 9.37 Å². The molecule has 2 unspecified atom stereocenters. The predicted molar refractivity (Wildman–Crippen MR) is 129 cm³/mol. The second-order valence-corrected chi connectivity index (χ2v) is 7.51. The molecule has 0 bridgehead atoms.